The van der Waals surface area contributed by atoms with Gasteiger partial charge in [-0.05, 0) is 31.4 Å². The molecule has 0 aromatic heterocycles. The normalized spacial score (nSPS) is 18.2. The van der Waals surface area contributed by atoms with Gasteiger partial charge in [0.05, 0.1) is 10.5 Å². The lowest BCUT2D eigenvalue weighted by Gasteiger charge is -2.24. The molecule has 7 nitrogen and oxygen atoms in total. The van der Waals surface area contributed by atoms with Crippen LogP contribution in [0.4, 0.5) is 0 Å². The van der Waals surface area contributed by atoms with Crippen molar-refractivity contribution in [2.75, 3.05) is 20.1 Å². The summed E-state index contributed by atoms with van der Waals surface area (Å²) in [5.41, 5.74) is 0.0807. The molecule has 1 unspecified atom stereocenters. The Kier molecular flexibility index (Phi) is 6.18. The molecule has 0 bridgehead atoms. The van der Waals surface area contributed by atoms with Crippen molar-refractivity contribution < 1.29 is 23.1 Å². The van der Waals surface area contributed by atoms with Crippen LogP contribution in [0.25, 0.3) is 0 Å². The van der Waals surface area contributed by atoms with Gasteiger partial charge >= 0.3 is 5.97 Å². The molecular formula is C17H24N2O5S. The largest absolute Gasteiger partial charge is 0.480 e. The minimum absolute atomic E-state index is 0.0807. The zero-order valence-electron chi connectivity index (χ0n) is 14.5. The highest BCUT2D eigenvalue weighted by atomic mass is 32.2. The first-order chi connectivity index (χ1) is 11.8. The quantitative estimate of drug-likeness (QED) is 0.792. The maximum Gasteiger partial charge on any atom is 0.322 e. The van der Waals surface area contributed by atoms with E-state index in [2.05, 4.69) is 0 Å². The first kappa shape index (κ1) is 19.4. The smallest absolute Gasteiger partial charge is 0.322 e. The standard InChI is InChI=1S/C17H24N2O5S/c1-3-4-11-18(2)16(20)13-8-5-6-10-15(13)25(23,24)19-12-7-9-14(19)17(21)22/h5-6,8,10,14H,3-4,7,9,11-12H2,1-2H3,(H,21,22). The number of unbranched alkanes of at least 4 members (excludes halogenated alkanes) is 1. The number of amides is 1. The summed E-state index contributed by atoms with van der Waals surface area (Å²) in [7, 11) is -2.42. The van der Waals surface area contributed by atoms with E-state index in [-0.39, 0.29) is 29.3 Å². The van der Waals surface area contributed by atoms with Crippen molar-refractivity contribution >= 4 is 21.9 Å². The topological polar surface area (TPSA) is 95.0 Å². The van der Waals surface area contributed by atoms with E-state index in [1.54, 1.807) is 19.2 Å². The SMILES string of the molecule is CCCCN(C)C(=O)c1ccccc1S(=O)(=O)N1CCCC1C(=O)O. The van der Waals surface area contributed by atoms with Crippen molar-refractivity contribution in [2.45, 2.75) is 43.5 Å². The molecule has 8 heteroatoms. The number of rotatable bonds is 7. The third-order valence-electron chi connectivity index (χ3n) is 4.39. The molecule has 1 fully saturated rings. The molecular weight excluding hydrogens is 344 g/mol. The zero-order chi connectivity index (χ0) is 18.6. The van der Waals surface area contributed by atoms with Gasteiger partial charge in [-0.3, -0.25) is 9.59 Å². The number of hydrogen-bond acceptors (Lipinski definition) is 4. The molecule has 0 spiro atoms. The number of aliphatic carboxylic acids is 1. The van der Waals surface area contributed by atoms with Gasteiger partial charge < -0.3 is 10.0 Å². The maximum absolute atomic E-state index is 13.0. The molecule has 1 heterocycles. The lowest BCUT2D eigenvalue weighted by Crippen LogP contribution is -2.41. The van der Waals surface area contributed by atoms with Gasteiger partial charge in [-0.1, -0.05) is 25.5 Å². The summed E-state index contributed by atoms with van der Waals surface area (Å²) in [6.07, 6.45) is 2.51. The van der Waals surface area contributed by atoms with Crippen LogP contribution < -0.4 is 0 Å². The van der Waals surface area contributed by atoms with Crippen molar-refractivity contribution in [2.24, 2.45) is 0 Å². The summed E-state index contributed by atoms with van der Waals surface area (Å²) < 4.78 is 27.0. The van der Waals surface area contributed by atoms with Crippen LogP contribution in [0.3, 0.4) is 0 Å². The van der Waals surface area contributed by atoms with Gasteiger partial charge in [-0.25, -0.2) is 8.42 Å². The fraction of sp³-hybridized carbons (Fsp3) is 0.529. The second kappa shape index (κ2) is 7.97. The van der Waals surface area contributed by atoms with Crippen LogP contribution >= 0.6 is 0 Å². The minimum atomic E-state index is -4.06. The summed E-state index contributed by atoms with van der Waals surface area (Å²) in [6.45, 7) is 2.69. The molecule has 1 aliphatic heterocycles. The molecule has 138 valence electrons. The third kappa shape index (κ3) is 4.01. The van der Waals surface area contributed by atoms with Crippen LogP contribution in [0.1, 0.15) is 43.0 Å². The highest BCUT2D eigenvalue weighted by Gasteiger charge is 2.40. The van der Waals surface area contributed by atoms with Gasteiger partial charge in [0.15, 0.2) is 0 Å². The number of benzene rings is 1. The Morgan fingerprint density at radius 3 is 2.64 bits per heavy atom. The van der Waals surface area contributed by atoms with Crippen LogP contribution in [-0.4, -0.2) is 60.8 Å². The molecule has 1 saturated heterocycles. The number of nitrogens with zero attached hydrogens (tertiary/aromatic N) is 2. The van der Waals surface area contributed by atoms with Crippen LogP contribution in [-0.2, 0) is 14.8 Å². The van der Waals surface area contributed by atoms with Crippen molar-refractivity contribution in [1.82, 2.24) is 9.21 Å². The highest BCUT2D eigenvalue weighted by Crippen LogP contribution is 2.28. The van der Waals surface area contributed by atoms with Gasteiger partial charge in [0.25, 0.3) is 5.91 Å². The van der Waals surface area contributed by atoms with Crippen LogP contribution in [0.2, 0.25) is 0 Å². The number of hydrogen-bond donors (Lipinski definition) is 1. The van der Waals surface area contributed by atoms with E-state index in [1.807, 2.05) is 6.92 Å². The van der Waals surface area contributed by atoms with Crippen molar-refractivity contribution in [3.8, 4) is 0 Å². The highest BCUT2D eigenvalue weighted by molar-refractivity contribution is 7.89. The molecule has 0 saturated carbocycles. The average Bonchev–Trinajstić information content (AvgIpc) is 3.10. The molecule has 1 aliphatic rings. The van der Waals surface area contributed by atoms with E-state index in [1.165, 1.54) is 17.0 Å². The summed E-state index contributed by atoms with van der Waals surface area (Å²) in [4.78, 5) is 25.4. The third-order valence-corrected chi connectivity index (χ3v) is 6.35. The fourth-order valence-corrected chi connectivity index (χ4v) is 4.81. The molecule has 1 amide bonds. The van der Waals surface area contributed by atoms with E-state index in [4.69, 9.17) is 0 Å². The van der Waals surface area contributed by atoms with E-state index < -0.39 is 22.0 Å². The number of carbonyl (C=O) groups excluding carboxylic acids is 1. The van der Waals surface area contributed by atoms with Gasteiger partial charge in [0.1, 0.15) is 6.04 Å². The van der Waals surface area contributed by atoms with Gasteiger partial charge in [0, 0.05) is 20.1 Å². The summed E-state index contributed by atoms with van der Waals surface area (Å²) in [6, 6.07) is 4.92. The molecule has 1 aromatic carbocycles. The monoisotopic (exact) mass is 368 g/mol. The van der Waals surface area contributed by atoms with E-state index >= 15 is 0 Å². The maximum atomic E-state index is 13.0. The van der Waals surface area contributed by atoms with E-state index in [0.29, 0.717) is 13.0 Å². The number of sulfonamides is 1. The van der Waals surface area contributed by atoms with Crippen molar-refractivity contribution in [3.63, 3.8) is 0 Å². The Morgan fingerprint density at radius 2 is 2.00 bits per heavy atom. The predicted octanol–water partition coefficient (Wildman–Crippen LogP) is 1.80. The molecule has 1 atom stereocenters. The van der Waals surface area contributed by atoms with Crippen molar-refractivity contribution in [1.29, 1.82) is 0 Å². The number of carboxylic acids is 1. The first-order valence-electron chi connectivity index (χ1n) is 8.39. The second-order valence-electron chi connectivity index (χ2n) is 6.19. The lowest BCUT2D eigenvalue weighted by atomic mass is 10.2. The molecule has 1 N–H and O–H groups in total. The predicted molar refractivity (Wildman–Crippen MR) is 92.9 cm³/mol. The Morgan fingerprint density at radius 1 is 1.32 bits per heavy atom. The van der Waals surface area contributed by atoms with Crippen LogP contribution in [0.5, 0.6) is 0 Å². The van der Waals surface area contributed by atoms with E-state index in [9.17, 15) is 23.1 Å². The van der Waals surface area contributed by atoms with Crippen LogP contribution in [0, 0.1) is 0 Å². The zero-order valence-corrected chi connectivity index (χ0v) is 15.3. The lowest BCUT2D eigenvalue weighted by molar-refractivity contribution is -0.140. The second-order valence-corrected chi connectivity index (χ2v) is 8.05. The molecule has 0 aliphatic carbocycles. The Labute approximate surface area is 148 Å². The van der Waals surface area contributed by atoms with Gasteiger partial charge in [0.2, 0.25) is 10.0 Å². The molecule has 2 rings (SSSR count). The summed E-state index contributed by atoms with van der Waals surface area (Å²) >= 11 is 0. The Balaban J connectivity index is 2.39. The summed E-state index contributed by atoms with van der Waals surface area (Å²) in [5, 5.41) is 9.28. The van der Waals surface area contributed by atoms with Crippen molar-refractivity contribution in [3.05, 3.63) is 29.8 Å². The van der Waals surface area contributed by atoms with Gasteiger partial charge in [-0.15, -0.1) is 0 Å². The van der Waals surface area contributed by atoms with E-state index in [0.717, 1.165) is 17.1 Å². The Bertz CT molecular complexity index is 747. The molecule has 25 heavy (non-hydrogen) atoms. The minimum Gasteiger partial charge on any atom is -0.480 e. The number of carboxylic acid groups (broad SMARTS) is 1. The number of carbonyl (C=O) groups is 2. The fourth-order valence-electron chi connectivity index (χ4n) is 2.97. The Hall–Kier alpha value is -1.93. The van der Waals surface area contributed by atoms with Crippen LogP contribution in [0.15, 0.2) is 29.2 Å². The van der Waals surface area contributed by atoms with Gasteiger partial charge in [-0.2, -0.15) is 4.31 Å². The first-order valence-corrected chi connectivity index (χ1v) is 9.83. The summed E-state index contributed by atoms with van der Waals surface area (Å²) in [5.74, 6) is -1.54. The molecule has 1 aromatic rings. The average molecular weight is 368 g/mol. The molecule has 0 radical (unpaired) electrons.